The zero-order valence-electron chi connectivity index (χ0n) is 10.9. The van der Waals surface area contributed by atoms with Crippen LogP contribution in [0.3, 0.4) is 0 Å². The minimum atomic E-state index is -0.879. The number of halogens is 2. The Kier molecular flexibility index (Phi) is 4.87. The van der Waals surface area contributed by atoms with E-state index in [1.165, 1.54) is 6.07 Å². The lowest BCUT2D eigenvalue weighted by atomic mass is 10.2. The monoisotopic (exact) mass is 354 g/mol. The molecule has 0 aliphatic carbocycles. The fourth-order valence-electron chi connectivity index (χ4n) is 1.80. The summed E-state index contributed by atoms with van der Waals surface area (Å²) in [5.41, 5.74) is 6.39. The highest BCUT2D eigenvalue weighted by molar-refractivity contribution is 9.10. The van der Waals surface area contributed by atoms with E-state index in [4.69, 9.17) is 10.5 Å². The fourth-order valence-corrected chi connectivity index (χ4v) is 2.21. The number of hydrogen-bond donors (Lipinski definition) is 1. The van der Waals surface area contributed by atoms with Crippen LogP contribution >= 0.6 is 15.9 Å². The van der Waals surface area contributed by atoms with Crippen molar-refractivity contribution in [1.29, 1.82) is 0 Å². The molecule has 2 aromatic rings. The van der Waals surface area contributed by atoms with E-state index in [-0.39, 0.29) is 6.61 Å². The van der Waals surface area contributed by atoms with Crippen LogP contribution in [-0.4, -0.2) is 4.92 Å². The first-order valence-corrected chi connectivity index (χ1v) is 6.84. The maximum atomic E-state index is 13.5. The summed E-state index contributed by atoms with van der Waals surface area (Å²) < 4.78 is 20.0. The second-order valence-electron chi connectivity index (χ2n) is 4.29. The van der Waals surface area contributed by atoms with Crippen molar-refractivity contribution < 1.29 is 14.1 Å². The molecule has 0 radical (unpaired) electrons. The lowest BCUT2D eigenvalue weighted by Crippen LogP contribution is -2.03. The Labute approximate surface area is 128 Å². The highest BCUT2D eigenvalue weighted by Gasteiger charge is 2.14. The van der Waals surface area contributed by atoms with Crippen LogP contribution in [0, 0.1) is 15.9 Å². The average Bonchev–Trinajstić information content (AvgIpc) is 2.45. The van der Waals surface area contributed by atoms with Gasteiger partial charge in [-0.15, -0.1) is 0 Å². The second kappa shape index (κ2) is 6.64. The predicted octanol–water partition coefficient (Wildman–Crippen LogP) is 3.53. The van der Waals surface area contributed by atoms with Gasteiger partial charge in [0.1, 0.15) is 12.4 Å². The number of rotatable bonds is 5. The van der Waals surface area contributed by atoms with E-state index < -0.39 is 16.4 Å². The Morgan fingerprint density at radius 1 is 1.29 bits per heavy atom. The molecule has 0 atom stereocenters. The van der Waals surface area contributed by atoms with Crippen LogP contribution in [0.1, 0.15) is 11.1 Å². The van der Waals surface area contributed by atoms with Crippen molar-refractivity contribution in [2.24, 2.45) is 5.73 Å². The van der Waals surface area contributed by atoms with Gasteiger partial charge in [0.15, 0.2) is 0 Å². The predicted molar refractivity (Wildman–Crippen MR) is 79.4 cm³/mol. The van der Waals surface area contributed by atoms with Gasteiger partial charge in [-0.05, 0) is 35.9 Å². The molecule has 0 unspecified atom stereocenters. The largest absolute Gasteiger partial charge is 0.489 e. The first kappa shape index (κ1) is 15.4. The van der Waals surface area contributed by atoms with Crippen LogP contribution in [-0.2, 0) is 13.2 Å². The van der Waals surface area contributed by atoms with Crippen LogP contribution in [0.2, 0.25) is 0 Å². The van der Waals surface area contributed by atoms with Crippen molar-refractivity contribution in [2.45, 2.75) is 13.2 Å². The lowest BCUT2D eigenvalue weighted by molar-refractivity contribution is -0.387. The van der Waals surface area contributed by atoms with Gasteiger partial charge in [0.25, 0.3) is 0 Å². The molecule has 0 spiro atoms. The Morgan fingerprint density at radius 3 is 2.67 bits per heavy atom. The van der Waals surface area contributed by atoms with Gasteiger partial charge in [0, 0.05) is 22.6 Å². The minimum Gasteiger partial charge on any atom is -0.489 e. The third kappa shape index (κ3) is 3.77. The SMILES string of the molecule is NCc1cc(Br)ccc1OCc1ccc([N+](=O)[O-])c(F)c1. The molecule has 2 aromatic carbocycles. The number of benzene rings is 2. The Balaban J connectivity index is 2.13. The van der Waals surface area contributed by atoms with Gasteiger partial charge < -0.3 is 10.5 Å². The van der Waals surface area contributed by atoms with E-state index in [9.17, 15) is 14.5 Å². The van der Waals surface area contributed by atoms with Crippen molar-refractivity contribution in [3.05, 3.63) is 67.9 Å². The number of nitrogens with zero attached hydrogens (tertiary/aromatic N) is 1. The smallest absolute Gasteiger partial charge is 0.304 e. The molecule has 21 heavy (non-hydrogen) atoms. The molecule has 0 aliphatic rings. The van der Waals surface area contributed by atoms with E-state index in [0.29, 0.717) is 17.9 Å². The number of hydrogen-bond acceptors (Lipinski definition) is 4. The van der Waals surface area contributed by atoms with Crippen LogP contribution in [0.25, 0.3) is 0 Å². The van der Waals surface area contributed by atoms with Crippen LogP contribution in [0.5, 0.6) is 5.75 Å². The summed E-state index contributed by atoms with van der Waals surface area (Å²) in [6.07, 6.45) is 0. The molecular formula is C14H12BrFN2O3. The topological polar surface area (TPSA) is 78.4 Å². The molecule has 0 heterocycles. The van der Waals surface area contributed by atoms with Gasteiger partial charge in [-0.1, -0.05) is 15.9 Å². The summed E-state index contributed by atoms with van der Waals surface area (Å²) in [6.45, 7) is 0.410. The molecule has 5 nitrogen and oxygen atoms in total. The molecule has 0 saturated carbocycles. The molecular weight excluding hydrogens is 343 g/mol. The van der Waals surface area contributed by atoms with Gasteiger partial charge in [-0.3, -0.25) is 10.1 Å². The number of nitro benzene ring substituents is 1. The second-order valence-corrected chi connectivity index (χ2v) is 5.20. The number of ether oxygens (including phenoxy) is 1. The minimum absolute atomic E-state index is 0.101. The van der Waals surface area contributed by atoms with E-state index in [0.717, 1.165) is 22.2 Å². The van der Waals surface area contributed by atoms with E-state index in [1.54, 1.807) is 6.07 Å². The number of nitrogens with two attached hydrogens (primary N) is 1. The molecule has 7 heteroatoms. The van der Waals surface area contributed by atoms with Gasteiger partial charge >= 0.3 is 5.69 Å². The zero-order valence-corrected chi connectivity index (χ0v) is 12.5. The summed E-state index contributed by atoms with van der Waals surface area (Å²) in [6, 6.07) is 9.09. The van der Waals surface area contributed by atoms with E-state index >= 15 is 0 Å². The van der Waals surface area contributed by atoms with E-state index in [1.807, 2.05) is 12.1 Å². The zero-order chi connectivity index (χ0) is 15.4. The Bertz CT molecular complexity index is 679. The maximum Gasteiger partial charge on any atom is 0.304 e. The lowest BCUT2D eigenvalue weighted by Gasteiger charge is -2.11. The van der Waals surface area contributed by atoms with Crippen LogP contribution in [0.15, 0.2) is 40.9 Å². The molecule has 2 rings (SSSR count). The van der Waals surface area contributed by atoms with Crippen molar-refractivity contribution in [3.63, 3.8) is 0 Å². The average molecular weight is 355 g/mol. The van der Waals surface area contributed by atoms with Crippen molar-refractivity contribution in [3.8, 4) is 5.75 Å². The molecule has 0 amide bonds. The molecule has 2 N–H and O–H groups in total. The quantitative estimate of drug-likeness (QED) is 0.657. The number of nitro groups is 1. The normalized spacial score (nSPS) is 10.4. The third-order valence-electron chi connectivity index (χ3n) is 2.85. The first-order valence-electron chi connectivity index (χ1n) is 6.05. The van der Waals surface area contributed by atoms with Crippen molar-refractivity contribution in [1.82, 2.24) is 0 Å². The van der Waals surface area contributed by atoms with Gasteiger partial charge in [-0.2, -0.15) is 4.39 Å². The van der Waals surface area contributed by atoms with Gasteiger partial charge in [-0.25, -0.2) is 0 Å². The molecule has 0 aliphatic heterocycles. The Hall–Kier alpha value is -1.99. The maximum absolute atomic E-state index is 13.5. The highest BCUT2D eigenvalue weighted by atomic mass is 79.9. The van der Waals surface area contributed by atoms with Crippen molar-refractivity contribution >= 4 is 21.6 Å². The fraction of sp³-hybridized carbons (Fsp3) is 0.143. The molecule has 0 fully saturated rings. The Morgan fingerprint density at radius 2 is 2.05 bits per heavy atom. The summed E-state index contributed by atoms with van der Waals surface area (Å²) in [4.78, 5) is 9.78. The molecule has 0 aromatic heterocycles. The molecule has 0 bridgehead atoms. The molecule has 0 saturated heterocycles. The first-order chi connectivity index (χ1) is 10.0. The van der Waals surface area contributed by atoms with Gasteiger partial charge in [0.05, 0.1) is 4.92 Å². The molecule has 110 valence electrons. The summed E-state index contributed by atoms with van der Waals surface area (Å²) in [5.74, 6) is -0.282. The standard InChI is InChI=1S/C14H12BrFN2O3/c15-11-2-4-14(10(6-11)7-17)21-8-9-1-3-13(18(19)20)12(16)5-9/h1-6H,7-8,17H2. The highest BCUT2D eigenvalue weighted by Crippen LogP contribution is 2.24. The summed E-state index contributed by atoms with van der Waals surface area (Å²) >= 11 is 3.34. The van der Waals surface area contributed by atoms with Crippen LogP contribution < -0.4 is 10.5 Å². The third-order valence-corrected chi connectivity index (χ3v) is 3.34. The van der Waals surface area contributed by atoms with E-state index in [2.05, 4.69) is 15.9 Å². The van der Waals surface area contributed by atoms with Crippen molar-refractivity contribution in [2.75, 3.05) is 0 Å². The summed E-state index contributed by atoms with van der Waals surface area (Å²) in [5, 5.41) is 10.5. The van der Waals surface area contributed by atoms with Crippen LogP contribution in [0.4, 0.5) is 10.1 Å². The van der Waals surface area contributed by atoms with Gasteiger partial charge in [0.2, 0.25) is 5.82 Å². The summed E-state index contributed by atoms with van der Waals surface area (Å²) in [7, 11) is 0.